The minimum atomic E-state index is -0.764. The molecule has 1 aliphatic heterocycles. The molecule has 0 bridgehead atoms. The number of phenolic OH excluding ortho intramolecular Hbond substituents is 1. The van der Waals surface area contributed by atoms with Crippen LogP contribution in [0.5, 0.6) is 11.5 Å². The number of piperidine rings is 1. The Bertz CT molecular complexity index is 1300. The fourth-order valence-electron chi connectivity index (χ4n) is 6.70. The van der Waals surface area contributed by atoms with Gasteiger partial charge in [0.2, 0.25) is 5.91 Å². The van der Waals surface area contributed by atoms with Crippen LogP contribution in [0.15, 0.2) is 54.6 Å². The molecule has 0 spiro atoms. The minimum Gasteiger partial charge on any atom is -0.508 e. The second-order valence-corrected chi connectivity index (χ2v) is 11.6. The summed E-state index contributed by atoms with van der Waals surface area (Å²) in [5.74, 6) is 0.378. The number of carbonyl (C=O) groups is 3. The molecule has 2 aromatic rings. The monoisotopic (exact) mass is 546 g/mol. The largest absolute Gasteiger partial charge is 0.508 e. The zero-order chi connectivity index (χ0) is 28.3. The predicted octanol–water partition coefficient (Wildman–Crippen LogP) is 4.36. The fraction of sp³-hybridized carbons (Fsp3) is 0.469. The van der Waals surface area contributed by atoms with Gasteiger partial charge < -0.3 is 19.9 Å². The molecule has 1 saturated heterocycles. The maximum absolute atomic E-state index is 13.0. The number of hydrogen-bond acceptors (Lipinski definition) is 7. The van der Waals surface area contributed by atoms with Gasteiger partial charge in [0.15, 0.2) is 0 Å². The van der Waals surface area contributed by atoms with E-state index in [9.17, 15) is 19.5 Å². The van der Waals surface area contributed by atoms with E-state index in [1.807, 2.05) is 24.3 Å². The van der Waals surface area contributed by atoms with Crippen molar-refractivity contribution >= 4 is 23.9 Å². The Labute approximate surface area is 235 Å². The molecule has 3 aliphatic rings. The average Bonchev–Trinajstić information content (AvgIpc) is 3.71. The smallest absolute Gasteiger partial charge is 0.308 e. The normalized spacial score (nSPS) is 26.6. The van der Waals surface area contributed by atoms with Crippen LogP contribution in [-0.4, -0.2) is 59.1 Å². The quantitative estimate of drug-likeness (QED) is 0.288. The lowest BCUT2D eigenvalue weighted by atomic mass is 9.55. The summed E-state index contributed by atoms with van der Waals surface area (Å²) < 4.78 is 11.8. The maximum Gasteiger partial charge on any atom is 0.308 e. The predicted molar refractivity (Wildman–Crippen MR) is 151 cm³/mol. The maximum atomic E-state index is 13.0. The van der Waals surface area contributed by atoms with Gasteiger partial charge in [0.1, 0.15) is 17.1 Å². The van der Waals surface area contributed by atoms with Crippen LogP contribution in [0, 0.1) is 5.92 Å². The van der Waals surface area contributed by atoms with Crippen LogP contribution >= 0.6 is 0 Å². The lowest BCUT2D eigenvalue weighted by Crippen LogP contribution is -2.68. The summed E-state index contributed by atoms with van der Waals surface area (Å²) in [5, 5.41) is 12.9. The number of rotatable bonds is 8. The van der Waals surface area contributed by atoms with E-state index < -0.39 is 17.0 Å². The molecule has 2 aromatic carbocycles. The van der Waals surface area contributed by atoms with Crippen molar-refractivity contribution in [3.05, 3.63) is 65.7 Å². The first-order valence-corrected chi connectivity index (χ1v) is 14.1. The highest BCUT2D eigenvalue weighted by atomic mass is 16.6. The summed E-state index contributed by atoms with van der Waals surface area (Å²) in [4.78, 5) is 39.7. The van der Waals surface area contributed by atoms with E-state index in [0.717, 1.165) is 30.6 Å². The molecule has 1 heterocycles. The zero-order valence-electron chi connectivity index (χ0n) is 23.2. The van der Waals surface area contributed by atoms with Gasteiger partial charge in [0.05, 0.1) is 0 Å². The van der Waals surface area contributed by atoms with Crippen LogP contribution in [0.2, 0.25) is 0 Å². The summed E-state index contributed by atoms with van der Waals surface area (Å²) in [6, 6.07) is 14.1. The van der Waals surface area contributed by atoms with Gasteiger partial charge in [0, 0.05) is 44.5 Å². The molecule has 2 aliphatic carbocycles. The summed E-state index contributed by atoms with van der Waals surface area (Å²) in [6.45, 7) is 5.34. The molecule has 0 radical (unpaired) electrons. The van der Waals surface area contributed by atoms with Gasteiger partial charge in [-0.15, -0.1) is 0 Å². The summed E-state index contributed by atoms with van der Waals surface area (Å²) in [6.07, 6.45) is 8.27. The van der Waals surface area contributed by atoms with Crippen molar-refractivity contribution in [2.24, 2.45) is 5.92 Å². The topological polar surface area (TPSA) is 105 Å². The first kappa shape index (κ1) is 27.9. The van der Waals surface area contributed by atoms with Gasteiger partial charge in [0.25, 0.3) is 0 Å². The molecular formula is C32H38N2O6. The summed E-state index contributed by atoms with van der Waals surface area (Å²) in [5.41, 5.74) is 0.349. The van der Waals surface area contributed by atoms with Gasteiger partial charge in [-0.05, 0) is 92.5 Å². The number of benzene rings is 2. The molecule has 3 fully saturated rings. The number of likely N-dealkylation sites (tertiary alicyclic amines) is 1. The molecule has 8 nitrogen and oxygen atoms in total. The molecule has 5 rings (SSSR count). The Hall–Kier alpha value is -3.65. The highest BCUT2D eigenvalue weighted by Crippen LogP contribution is 2.54. The van der Waals surface area contributed by atoms with E-state index in [4.69, 9.17) is 9.47 Å². The highest BCUT2D eigenvalue weighted by molar-refractivity contribution is 5.92. The van der Waals surface area contributed by atoms with Gasteiger partial charge in [-0.1, -0.05) is 24.3 Å². The third-order valence-corrected chi connectivity index (χ3v) is 8.54. The van der Waals surface area contributed by atoms with Crippen molar-refractivity contribution in [2.75, 3.05) is 19.6 Å². The molecule has 212 valence electrons. The minimum absolute atomic E-state index is 0.141. The van der Waals surface area contributed by atoms with Gasteiger partial charge in [-0.25, -0.2) is 0 Å². The second kappa shape index (κ2) is 11.5. The van der Waals surface area contributed by atoms with Crippen molar-refractivity contribution < 1.29 is 29.0 Å². The lowest BCUT2D eigenvalue weighted by Gasteiger charge is -2.59. The van der Waals surface area contributed by atoms with Crippen LogP contribution in [0.1, 0.15) is 63.5 Å². The number of nitrogens with one attached hydrogen (secondary N) is 1. The van der Waals surface area contributed by atoms with E-state index in [1.165, 1.54) is 32.8 Å². The van der Waals surface area contributed by atoms with Crippen molar-refractivity contribution in [1.82, 2.24) is 10.2 Å². The van der Waals surface area contributed by atoms with Crippen LogP contribution in [-0.2, 0) is 24.5 Å². The number of esters is 2. The molecule has 40 heavy (non-hydrogen) atoms. The number of carbonyl (C=O) groups excluding carboxylic acids is 3. The van der Waals surface area contributed by atoms with Crippen LogP contribution in [0.4, 0.5) is 0 Å². The molecule has 8 heteroatoms. The molecule has 3 unspecified atom stereocenters. The molecular weight excluding hydrogens is 508 g/mol. The van der Waals surface area contributed by atoms with Gasteiger partial charge >= 0.3 is 11.9 Å². The Morgan fingerprint density at radius 1 is 1.05 bits per heavy atom. The van der Waals surface area contributed by atoms with E-state index >= 15 is 0 Å². The number of hydrogen-bond donors (Lipinski definition) is 2. The lowest BCUT2D eigenvalue weighted by molar-refractivity contribution is -0.187. The second-order valence-electron chi connectivity index (χ2n) is 11.6. The number of fused-ring (bicyclic) bond motifs is 1. The number of amides is 1. The molecule has 1 amide bonds. The van der Waals surface area contributed by atoms with E-state index in [2.05, 4.69) is 10.2 Å². The third-order valence-electron chi connectivity index (χ3n) is 8.54. The van der Waals surface area contributed by atoms with Crippen LogP contribution in [0.25, 0.3) is 6.08 Å². The van der Waals surface area contributed by atoms with E-state index in [0.29, 0.717) is 37.5 Å². The third kappa shape index (κ3) is 6.22. The number of aromatic hydroxyl groups is 1. The standard InChI is InChI=1S/C32H38N2O6/c1-22(35)39-29-8-4-6-26(18-29)31-15-16-34(20-25-9-10-25)21-32(31,40-23(2)36)14-13-27(19-31)33-30(38)12-11-24-5-3-7-28(37)17-24/h3-8,11-12,17-18,25,27,37H,9-10,13-16,19-21H2,1-2H3,(H,33,38). The first-order valence-electron chi connectivity index (χ1n) is 14.1. The number of phenols is 1. The van der Waals surface area contributed by atoms with Crippen molar-refractivity contribution in [2.45, 2.75) is 69.4 Å². The highest BCUT2D eigenvalue weighted by Gasteiger charge is 2.61. The average molecular weight is 547 g/mol. The van der Waals surface area contributed by atoms with Crippen molar-refractivity contribution in [3.8, 4) is 11.5 Å². The van der Waals surface area contributed by atoms with Crippen molar-refractivity contribution in [1.29, 1.82) is 0 Å². The fourth-order valence-corrected chi connectivity index (χ4v) is 6.70. The van der Waals surface area contributed by atoms with Gasteiger partial charge in [-0.2, -0.15) is 0 Å². The Morgan fingerprint density at radius 3 is 2.58 bits per heavy atom. The molecule has 2 saturated carbocycles. The summed E-state index contributed by atoms with van der Waals surface area (Å²) >= 11 is 0. The van der Waals surface area contributed by atoms with E-state index in [1.54, 1.807) is 30.3 Å². The Morgan fingerprint density at radius 2 is 1.85 bits per heavy atom. The summed E-state index contributed by atoms with van der Waals surface area (Å²) in [7, 11) is 0. The Kier molecular flexibility index (Phi) is 7.99. The van der Waals surface area contributed by atoms with Crippen LogP contribution in [0.3, 0.4) is 0 Å². The molecule has 2 N–H and O–H groups in total. The van der Waals surface area contributed by atoms with E-state index in [-0.39, 0.29) is 23.7 Å². The Balaban J connectivity index is 1.45. The zero-order valence-corrected chi connectivity index (χ0v) is 23.2. The van der Waals surface area contributed by atoms with Crippen molar-refractivity contribution in [3.63, 3.8) is 0 Å². The van der Waals surface area contributed by atoms with Gasteiger partial charge in [-0.3, -0.25) is 19.3 Å². The number of nitrogens with zero attached hydrogens (tertiary/aromatic N) is 1. The molecule has 0 aromatic heterocycles. The number of ether oxygens (including phenoxy) is 2. The first-order chi connectivity index (χ1) is 19.2. The molecule has 3 atom stereocenters. The SMILES string of the molecule is CC(=O)Oc1cccc(C23CCN(CC4CC4)CC2(OC(C)=O)CCC(NC(=O)C=Cc2cccc(O)c2)C3)c1. The van der Waals surface area contributed by atoms with Crippen LogP contribution < -0.4 is 10.1 Å².